The third kappa shape index (κ3) is 6.99. The summed E-state index contributed by atoms with van der Waals surface area (Å²) in [5.41, 5.74) is 0. The van der Waals surface area contributed by atoms with Gasteiger partial charge in [0.15, 0.2) is 5.96 Å². The van der Waals surface area contributed by atoms with Crippen LogP contribution in [0.4, 0.5) is 4.39 Å². The highest BCUT2D eigenvalue weighted by Gasteiger charge is 2.17. The summed E-state index contributed by atoms with van der Waals surface area (Å²) in [7, 11) is 0. The molecule has 2 rings (SSSR count). The van der Waals surface area contributed by atoms with Crippen LogP contribution in [0.3, 0.4) is 0 Å². The number of carbonyl (C=O) groups is 1. The van der Waals surface area contributed by atoms with Gasteiger partial charge in [-0.25, -0.2) is 9.38 Å². The average Bonchev–Trinajstić information content (AvgIpc) is 3.15. The quantitative estimate of drug-likeness (QED) is 0.426. The van der Waals surface area contributed by atoms with E-state index in [4.69, 9.17) is 4.74 Å². The van der Waals surface area contributed by atoms with E-state index in [1.165, 1.54) is 12.1 Å². The van der Waals surface area contributed by atoms with E-state index >= 15 is 0 Å². The first-order valence-electron chi connectivity index (χ1n) is 8.87. The highest BCUT2D eigenvalue weighted by molar-refractivity contribution is 5.85. The summed E-state index contributed by atoms with van der Waals surface area (Å²) in [6.07, 6.45) is 2.94. The molecule has 1 aromatic carbocycles. The Bertz CT molecular complexity index is 557. The fourth-order valence-electron chi connectivity index (χ4n) is 2.55. The second kappa shape index (κ2) is 10.5. The Morgan fingerprint density at radius 2 is 1.96 bits per heavy atom. The molecule has 0 bridgehead atoms. The summed E-state index contributed by atoms with van der Waals surface area (Å²) in [5, 5.41) is 6.32. The number of aliphatic imine (C=N–C) groups is 1. The Morgan fingerprint density at radius 3 is 2.64 bits per heavy atom. The molecule has 25 heavy (non-hydrogen) atoms. The van der Waals surface area contributed by atoms with Gasteiger partial charge in [-0.15, -0.1) is 0 Å². The van der Waals surface area contributed by atoms with Crippen molar-refractivity contribution in [3.63, 3.8) is 0 Å². The minimum atomic E-state index is -0.274. The molecule has 1 aromatic rings. The molecule has 1 amide bonds. The molecular formula is C18H27FN4O2. The number of benzene rings is 1. The molecule has 1 aliphatic heterocycles. The van der Waals surface area contributed by atoms with Gasteiger partial charge >= 0.3 is 0 Å². The Kier molecular flexibility index (Phi) is 8.01. The maximum Gasteiger partial charge on any atom is 0.244 e. The van der Waals surface area contributed by atoms with E-state index in [2.05, 4.69) is 15.6 Å². The molecule has 1 aliphatic rings. The first kappa shape index (κ1) is 19.0. The number of carbonyl (C=O) groups excluding carboxylic acids is 1. The van der Waals surface area contributed by atoms with Crippen molar-refractivity contribution in [2.75, 3.05) is 39.3 Å². The van der Waals surface area contributed by atoms with E-state index in [1.54, 1.807) is 12.1 Å². The van der Waals surface area contributed by atoms with Gasteiger partial charge in [-0.2, -0.15) is 0 Å². The van der Waals surface area contributed by atoms with Crippen LogP contribution in [0.2, 0.25) is 0 Å². The first-order chi connectivity index (χ1) is 12.2. The molecule has 0 radical (unpaired) electrons. The predicted molar refractivity (Wildman–Crippen MR) is 96.3 cm³/mol. The maximum atomic E-state index is 12.8. The minimum absolute atomic E-state index is 0.0781. The van der Waals surface area contributed by atoms with Crippen molar-refractivity contribution in [3.8, 4) is 5.75 Å². The Morgan fingerprint density at radius 1 is 1.24 bits per heavy atom. The number of nitrogens with one attached hydrogen (secondary N) is 2. The van der Waals surface area contributed by atoms with Crippen LogP contribution in [0.5, 0.6) is 5.75 Å². The van der Waals surface area contributed by atoms with E-state index in [0.29, 0.717) is 24.9 Å². The summed E-state index contributed by atoms with van der Waals surface area (Å²) in [5.74, 6) is 1.09. The molecule has 1 heterocycles. The number of amides is 1. The molecule has 1 saturated heterocycles. The van der Waals surface area contributed by atoms with E-state index < -0.39 is 0 Å². The lowest BCUT2D eigenvalue weighted by Gasteiger charge is -2.15. The van der Waals surface area contributed by atoms with Gasteiger partial charge in [0.05, 0.1) is 6.61 Å². The molecule has 0 unspecified atom stereocenters. The van der Waals surface area contributed by atoms with Crippen LogP contribution in [0.25, 0.3) is 0 Å². The van der Waals surface area contributed by atoms with Crippen molar-refractivity contribution in [2.45, 2.75) is 26.2 Å². The number of nitrogens with zero attached hydrogens (tertiary/aromatic N) is 2. The van der Waals surface area contributed by atoms with Gasteiger partial charge in [-0.05, 0) is 50.5 Å². The van der Waals surface area contributed by atoms with Crippen LogP contribution in [-0.2, 0) is 4.79 Å². The summed E-state index contributed by atoms with van der Waals surface area (Å²) in [4.78, 5) is 18.2. The lowest BCUT2D eigenvalue weighted by molar-refractivity contribution is -0.128. The molecule has 138 valence electrons. The molecular weight excluding hydrogens is 323 g/mol. The second-order valence-electron chi connectivity index (χ2n) is 5.87. The van der Waals surface area contributed by atoms with Gasteiger partial charge in [-0.3, -0.25) is 4.79 Å². The Balaban J connectivity index is 1.66. The molecule has 0 aliphatic carbocycles. The van der Waals surface area contributed by atoms with Crippen LogP contribution >= 0.6 is 0 Å². The normalized spacial score (nSPS) is 14.5. The monoisotopic (exact) mass is 350 g/mol. The number of guanidine groups is 1. The number of rotatable bonds is 8. The predicted octanol–water partition coefficient (Wildman–Crippen LogP) is 1.77. The third-order valence-corrected chi connectivity index (χ3v) is 3.87. The van der Waals surface area contributed by atoms with Gasteiger partial charge in [0.25, 0.3) is 0 Å². The summed E-state index contributed by atoms with van der Waals surface area (Å²) in [6, 6.07) is 5.97. The van der Waals surface area contributed by atoms with E-state index in [-0.39, 0.29) is 18.3 Å². The highest BCUT2D eigenvalue weighted by Crippen LogP contribution is 2.11. The molecule has 6 nitrogen and oxygen atoms in total. The zero-order chi connectivity index (χ0) is 17.9. The van der Waals surface area contributed by atoms with Gasteiger partial charge in [-0.1, -0.05) is 0 Å². The van der Waals surface area contributed by atoms with Crippen LogP contribution in [0.15, 0.2) is 29.3 Å². The number of hydrogen-bond donors (Lipinski definition) is 2. The Hall–Kier alpha value is -2.31. The molecule has 7 heteroatoms. The SMILES string of the molecule is CCNC(=NCC(=O)N1CCCC1)NCCCOc1ccc(F)cc1. The fraction of sp³-hybridized carbons (Fsp3) is 0.556. The van der Waals surface area contributed by atoms with Gasteiger partial charge in [0.2, 0.25) is 5.91 Å². The topological polar surface area (TPSA) is 66.0 Å². The largest absolute Gasteiger partial charge is 0.494 e. The average molecular weight is 350 g/mol. The summed E-state index contributed by atoms with van der Waals surface area (Å²) in [6.45, 7) is 5.77. The van der Waals surface area contributed by atoms with E-state index in [1.807, 2.05) is 11.8 Å². The van der Waals surface area contributed by atoms with Gasteiger partial charge in [0.1, 0.15) is 18.1 Å². The first-order valence-corrected chi connectivity index (χ1v) is 8.87. The number of likely N-dealkylation sites (tertiary alicyclic amines) is 1. The van der Waals surface area contributed by atoms with Gasteiger partial charge < -0.3 is 20.3 Å². The van der Waals surface area contributed by atoms with Gasteiger partial charge in [0, 0.05) is 26.2 Å². The molecule has 0 atom stereocenters. The lowest BCUT2D eigenvalue weighted by atomic mass is 10.3. The standard InChI is InChI=1S/C18H27FN4O2/c1-2-20-18(22-14-17(24)23-11-3-4-12-23)21-10-5-13-25-16-8-6-15(19)7-9-16/h6-9H,2-5,10-14H2,1H3,(H2,20,21,22). The van der Waals surface area contributed by atoms with Crippen molar-refractivity contribution >= 4 is 11.9 Å². The summed E-state index contributed by atoms with van der Waals surface area (Å²) >= 11 is 0. The molecule has 1 fully saturated rings. The van der Waals surface area contributed by atoms with E-state index in [0.717, 1.165) is 38.9 Å². The molecule has 2 N–H and O–H groups in total. The van der Waals surface area contributed by atoms with Crippen molar-refractivity contribution in [1.82, 2.24) is 15.5 Å². The van der Waals surface area contributed by atoms with Crippen molar-refractivity contribution in [2.24, 2.45) is 4.99 Å². The second-order valence-corrected chi connectivity index (χ2v) is 5.87. The van der Waals surface area contributed by atoms with Crippen LogP contribution in [0.1, 0.15) is 26.2 Å². The number of halogens is 1. The smallest absolute Gasteiger partial charge is 0.244 e. The Labute approximate surface area is 148 Å². The van der Waals surface area contributed by atoms with Crippen LogP contribution in [0, 0.1) is 5.82 Å². The number of ether oxygens (including phenoxy) is 1. The van der Waals surface area contributed by atoms with E-state index in [9.17, 15) is 9.18 Å². The zero-order valence-electron chi connectivity index (χ0n) is 14.8. The lowest BCUT2D eigenvalue weighted by Crippen LogP contribution is -2.39. The van der Waals surface area contributed by atoms with Crippen molar-refractivity contribution in [1.29, 1.82) is 0 Å². The van der Waals surface area contributed by atoms with Crippen molar-refractivity contribution < 1.29 is 13.9 Å². The molecule has 0 saturated carbocycles. The zero-order valence-corrected chi connectivity index (χ0v) is 14.8. The van der Waals surface area contributed by atoms with Crippen LogP contribution in [-0.4, -0.2) is 56.1 Å². The fourth-order valence-corrected chi connectivity index (χ4v) is 2.55. The number of hydrogen-bond acceptors (Lipinski definition) is 3. The highest BCUT2D eigenvalue weighted by atomic mass is 19.1. The van der Waals surface area contributed by atoms with Crippen LogP contribution < -0.4 is 15.4 Å². The van der Waals surface area contributed by atoms with Crippen molar-refractivity contribution in [3.05, 3.63) is 30.1 Å². The molecule has 0 spiro atoms. The third-order valence-electron chi connectivity index (χ3n) is 3.87. The molecule has 0 aromatic heterocycles. The summed E-state index contributed by atoms with van der Waals surface area (Å²) < 4.78 is 18.3. The maximum absolute atomic E-state index is 12.8. The minimum Gasteiger partial charge on any atom is -0.494 e.